The second kappa shape index (κ2) is 5.47. The third-order valence-electron chi connectivity index (χ3n) is 2.20. The van der Waals surface area contributed by atoms with Crippen LogP contribution in [0.15, 0.2) is 35.6 Å². The summed E-state index contributed by atoms with van der Waals surface area (Å²) in [5.41, 5.74) is 0.131. The Bertz CT molecular complexity index is 743. The van der Waals surface area contributed by atoms with Crippen molar-refractivity contribution in [1.82, 2.24) is 14.8 Å². The first-order chi connectivity index (χ1) is 9.38. The second-order valence-electron chi connectivity index (χ2n) is 3.72. The highest BCUT2D eigenvalue weighted by molar-refractivity contribution is 7.92. The van der Waals surface area contributed by atoms with Crippen LogP contribution >= 0.6 is 11.6 Å². The molecule has 0 amide bonds. The molecule has 0 aromatic carbocycles. The van der Waals surface area contributed by atoms with Gasteiger partial charge < -0.3 is 5.11 Å². The van der Waals surface area contributed by atoms with Crippen molar-refractivity contribution in [3.63, 3.8) is 0 Å². The van der Waals surface area contributed by atoms with E-state index in [9.17, 15) is 13.2 Å². The Morgan fingerprint density at radius 3 is 2.90 bits per heavy atom. The molecule has 2 aromatic heterocycles. The quantitative estimate of drug-likeness (QED) is 0.789. The average molecular weight is 317 g/mol. The molecule has 2 heterocycles. The summed E-state index contributed by atoms with van der Waals surface area (Å²) in [7, 11) is -3.90. The summed E-state index contributed by atoms with van der Waals surface area (Å²) in [5, 5.41) is 12.2. The Morgan fingerprint density at radius 1 is 1.50 bits per heavy atom. The lowest BCUT2D eigenvalue weighted by Gasteiger charge is -2.06. The van der Waals surface area contributed by atoms with Gasteiger partial charge in [0, 0.05) is 12.4 Å². The molecular formula is C10H9ClN4O4S. The molecule has 0 fully saturated rings. The Kier molecular flexibility index (Phi) is 3.91. The zero-order chi connectivity index (χ0) is 14.8. The summed E-state index contributed by atoms with van der Waals surface area (Å²) in [6.45, 7) is -0.366. The molecule has 0 aliphatic carbocycles. The lowest BCUT2D eigenvalue weighted by Crippen LogP contribution is -2.13. The van der Waals surface area contributed by atoms with E-state index in [-0.39, 0.29) is 22.3 Å². The van der Waals surface area contributed by atoms with E-state index >= 15 is 0 Å². The molecule has 0 saturated heterocycles. The van der Waals surface area contributed by atoms with Crippen LogP contribution in [0.2, 0.25) is 5.15 Å². The minimum atomic E-state index is -3.90. The summed E-state index contributed by atoms with van der Waals surface area (Å²) < 4.78 is 27.5. The minimum absolute atomic E-state index is 0.131. The number of carbonyl (C=O) groups is 1. The van der Waals surface area contributed by atoms with Crippen molar-refractivity contribution in [3.8, 4) is 0 Å². The number of sulfonamides is 1. The maximum Gasteiger partial charge on any atom is 0.325 e. The van der Waals surface area contributed by atoms with Gasteiger partial charge in [-0.2, -0.15) is 5.10 Å². The summed E-state index contributed by atoms with van der Waals surface area (Å²) in [5.74, 6) is -1.09. The lowest BCUT2D eigenvalue weighted by atomic mass is 10.5. The standard InChI is InChI=1S/C10H9ClN4O4S/c11-10-8(2-1-3-12-10)20(18,19)14-7-4-13-15(5-7)6-9(16)17/h1-5,14H,6H2,(H,16,17). The molecule has 2 aromatic rings. The topological polar surface area (TPSA) is 114 Å². The van der Waals surface area contributed by atoms with Gasteiger partial charge in [-0.05, 0) is 12.1 Å². The first-order valence-corrected chi connectivity index (χ1v) is 7.12. The van der Waals surface area contributed by atoms with Crippen molar-refractivity contribution >= 4 is 33.3 Å². The summed E-state index contributed by atoms with van der Waals surface area (Å²) >= 11 is 5.72. The number of hydrogen-bond donors (Lipinski definition) is 2. The van der Waals surface area contributed by atoms with Crippen LogP contribution in [-0.4, -0.2) is 34.3 Å². The molecule has 0 spiro atoms. The summed E-state index contributed by atoms with van der Waals surface area (Å²) in [6, 6.07) is 2.74. The number of carboxylic acid groups (broad SMARTS) is 1. The highest BCUT2D eigenvalue weighted by atomic mass is 35.5. The van der Waals surface area contributed by atoms with E-state index in [0.29, 0.717) is 0 Å². The molecule has 0 aliphatic heterocycles. The highest BCUT2D eigenvalue weighted by Gasteiger charge is 2.19. The van der Waals surface area contributed by atoms with Crippen LogP contribution in [-0.2, 0) is 21.4 Å². The number of pyridine rings is 1. The van der Waals surface area contributed by atoms with Crippen molar-refractivity contribution in [1.29, 1.82) is 0 Å². The summed E-state index contributed by atoms with van der Waals surface area (Å²) in [4.78, 5) is 14.0. The van der Waals surface area contributed by atoms with Crippen molar-refractivity contribution in [3.05, 3.63) is 35.9 Å². The number of aliphatic carboxylic acids is 1. The van der Waals surface area contributed by atoms with Crippen LogP contribution in [0.5, 0.6) is 0 Å². The van der Waals surface area contributed by atoms with Gasteiger partial charge in [0.2, 0.25) is 0 Å². The molecule has 0 radical (unpaired) electrons. The van der Waals surface area contributed by atoms with Crippen LogP contribution in [0.3, 0.4) is 0 Å². The number of carboxylic acids is 1. The van der Waals surface area contributed by atoms with E-state index in [1.165, 1.54) is 30.7 Å². The van der Waals surface area contributed by atoms with Crippen LogP contribution in [0.25, 0.3) is 0 Å². The number of rotatable bonds is 5. The third-order valence-corrected chi connectivity index (χ3v) is 4.02. The fourth-order valence-electron chi connectivity index (χ4n) is 1.42. The SMILES string of the molecule is O=C(O)Cn1cc(NS(=O)(=O)c2cccnc2Cl)cn1. The van der Waals surface area contributed by atoms with Crippen LogP contribution in [0.4, 0.5) is 5.69 Å². The molecule has 2 N–H and O–H groups in total. The monoisotopic (exact) mass is 316 g/mol. The Morgan fingerprint density at radius 2 is 2.25 bits per heavy atom. The molecule has 0 aliphatic rings. The first-order valence-electron chi connectivity index (χ1n) is 5.26. The van der Waals surface area contributed by atoms with Gasteiger partial charge in [-0.3, -0.25) is 14.2 Å². The van der Waals surface area contributed by atoms with E-state index in [4.69, 9.17) is 16.7 Å². The maximum atomic E-state index is 12.1. The number of halogens is 1. The van der Waals surface area contributed by atoms with Crippen molar-refractivity contribution in [2.24, 2.45) is 0 Å². The smallest absolute Gasteiger partial charge is 0.325 e. The number of nitrogens with one attached hydrogen (secondary N) is 1. The number of hydrogen-bond acceptors (Lipinski definition) is 5. The zero-order valence-corrected chi connectivity index (χ0v) is 11.5. The molecule has 8 nitrogen and oxygen atoms in total. The number of nitrogens with zero attached hydrogens (tertiary/aromatic N) is 3. The predicted octanol–water partition coefficient (Wildman–Crippen LogP) is 0.817. The van der Waals surface area contributed by atoms with Crippen molar-refractivity contribution < 1.29 is 18.3 Å². The predicted molar refractivity (Wildman–Crippen MR) is 69.9 cm³/mol. The molecular weight excluding hydrogens is 308 g/mol. The van der Waals surface area contributed by atoms with E-state index in [1.54, 1.807) is 0 Å². The number of anilines is 1. The van der Waals surface area contributed by atoms with Crippen LogP contribution in [0.1, 0.15) is 0 Å². The average Bonchev–Trinajstić information content (AvgIpc) is 2.75. The van der Waals surface area contributed by atoms with E-state index in [0.717, 1.165) is 4.68 Å². The lowest BCUT2D eigenvalue weighted by molar-refractivity contribution is -0.137. The normalized spacial score (nSPS) is 11.2. The molecule has 0 bridgehead atoms. The molecule has 10 heteroatoms. The number of aromatic nitrogens is 3. The van der Waals surface area contributed by atoms with Gasteiger partial charge >= 0.3 is 5.97 Å². The van der Waals surface area contributed by atoms with Crippen LogP contribution < -0.4 is 4.72 Å². The van der Waals surface area contributed by atoms with Gasteiger partial charge in [0.05, 0.1) is 11.9 Å². The fraction of sp³-hybridized carbons (Fsp3) is 0.100. The van der Waals surface area contributed by atoms with Gasteiger partial charge in [0.1, 0.15) is 16.6 Å². The first kappa shape index (κ1) is 14.3. The molecule has 2 rings (SSSR count). The zero-order valence-electron chi connectivity index (χ0n) is 9.89. The van der Waals surface area contributed by atoms with E-state index in [1.807, 2.05) is 0 Å². The Labute approximate surface area is 119 Å². The van der Waals surface area contributed by atoms with Crippen molar-refractivity contribution in [2.45, 2.75) is 11.4 Å². The second-order valence-corrected chi connectivity index (χ2v) is 5.73. The molecule has 20 heavy (non-hydrogen) atoms. The maximum absolute atomic E-state index is 12.1. The Balaban J connectivity index is 2.23. The highest BCUT2D eigenvalue weighted by Crippen LogP contribution is 2.20. The molecule has 106 valence electrons. The molecule has 0 saturated carbocycles. The largest absolute Gasteiger partial charge is 0.480 e. The van der Waals surface area contributed by atoms with Crippen LogP contribution in [0, 0.1) is 0 Å². The van der Waals surface area contributed by atoms with E-state index < -0.39 is 16.0 Å². The van der Waals surface area contributed by atoms with Gasteiger partial charge in [0.15, 0.2) is 0 Å². The van der Waals surface area contributed by atoms with Gasteiger partial charge in [0.25, 0.3) is 10.0 Å². The summed E-state index contributed by atoms with van der Waals surface area (Å²) in [6.07, 6.45) is 3.83. The minimum Gasteiger partial charge on any atom is -0.480 e. The van der Waals surface area contributed by atoms with Gasteiger partial charge in [-0.15, -0.1) is 0 Å². The molecule has 0 atom stereocenters. The van der Waals surface area contributed by atoms with Crippen molar-refractivity contribution in [2.75, 3.05) is 4.72 Å². The van der Waals surface area contributed by atoms with Gasteiger partial charge in [-0.1, -0.05) is 11.6 Å². The Hall–Kier alpha value is -2.13. The van der Waals surface area contributed by atoms with Gasteiger partial charge in [-0.25, -0.2) is 13.4 Å². The third kappa shape index (κ3) is 3.25. The molecule has 0 unspecified atom stereocenters. The fourth-order valence-corrected chi connectivity index (χ4v) is 2.91. The van der Waals surface area contributed by atoms with E-state index in [2.05, 4.69) is 14.8 Å².